The van der Waals surface area contributed by atoms with Gasteiger partial charge in [-0.1, -0.05) is 11.6 Å². The summed E-state index contributed by atoms with van der Waals surface area (Å²) in [6.07, 6.45) is 0. The van der Waals surface area contributed by atoms with Crippen molar-refractivity contribution in [2.75, 3.05) is 6.61 Å². The Morgan fingerprint density at radius 3 is 2.81 bits per heavy atom. The van der Waals surface area contributed by atoms with Crippen LogP contribution in [-0.4, -0.2) is 12.5 Å². The Morgan fingerprint density at radius 1 is 1.62 bits per heavy atom. The lowest BCUT2D eigenvalue weighted by molar-refractivity contribution is -0.123. The van der Waals surface area contributed by atoms with E-state index < -0.39 is 5.91 Å². The number of benzene rings is 1. The summed E-state index contributed by atoms with van der Waals surface area (Å²) in [7, 11) is 0. The van der Waals surface area contributed by atoms with Gasteiger partial charge < -0.3 is 4.74 Å². The summed E-state index contributed by atoms with van der Waals surface area (Å²) >= 11 is 9.42. The Kier molecular flexibility index (Phi) is 4.58. The minimum Gasteiger partial charge on any atom is -0.483 e. The lowest BCUT2D eigenvalue weighted by atomic mass is 10.1. The smallest absolute Gasteiger partial charge is 0.271 e. The molecule has 16 heavy (non-hydrogen) atoms. The van der Waals surface area contributed by atoms with Gasteiger partial charge in [0, 0.05) is 5.02 Å². The first-order valence-electron chi connectivity index (χ1n) is 4.54. The Hall–Kier alpha value is -0.780. The lowest BCUT2D eigenvalue weighted by Crippen LogP contribution is -2.34. The molecule has 1 aromatic carbocycles. The van der Waals surface area contributed by atoms with E-state index in [1.165, 1.54) is 0 Å². The van der Waals surface area contributed by atoms with Crippen molar-refractivity contribution in [2.24, 2.45) is 5.84 Å². The van der Waals surface area contributed by atoms with E-state index in [-0.39, 0.29) is 6.61 Å². The van der Waals surface area contributed by atoms with Gasteiger partial charge in [-0.3, -0.25) is 10.2 Å². The highest BCUT2D eigenvalue weighted by molar-refractivity contribution is 9.10. The molecule has 1 amide bonds. The van der Waals surface area contributed by atoms with Crippen LogP contribution in [0.3, 0.4) is 0 Å². The number of hydrogen-bond donors (Lipinski definition) is 2. The Balaban J connectivity index is 2.93. The fourth-order valence-corrected chi connectivity index (χ4v) is 1.88. The molecule has 0 fully saturated rings. The summed E-state index contributed by atoms with van der Waals surface area (Å²) in [5.74, 6) is 5.13. The van der Waals surface area contributed by atoms with E-state index >= 15 is 0 Å². The van der Waals surface area contributed by atoms with Gasteiger partial charge in [-0.15, -0.1) is 0 Å². The van der Waals surface area contributed by atoms with E-state index in [2.05, 4.69) is 15.9 Å². The van der Waals surface area contributed by atoms with Crippen molar-refractivity contribution in [1.29, 1.82) is 0 Å². The number of ether oxygens (including phenoxy) is 1. The summed E-state index contributed by atoms with van der Waals surface area (Å²) in [6, 6.07) is 1.77. The van der Waals surface area contributed by atoms with Crippen LogP contribution in [0.25, 0.3) is 0 Å². The van der Waals surface area contributed by atoms with Crippen molar-refractivity contribution in [3.05, 3.63) is 26.7 Å². The third-order valence-corrected chi connectivity index (χ3v) is 3.66. The molecule has 0 aliphatic rings. The average Bonchev–Trinajstić information content (AvgIpc) is 2.28. The molecule has 1 rings (SSSR count). The zero-order valence-corrected chi connectivity index (χ0v) is 11.3. The van der Waals surface area contributed by atoms with Crippen LogP contribution in [0.4, 0.5) is 0 Å². The molecule has 0 radical (unpaired) electrons. The van der Waals surface area contributed by atoms with Gasteiger partial charge in [0.2, 0.25) is 0 Å². The minimum atomic E-state index is -0.392. The third kappa shape index (κ3) is 2.87. The van der Waals surface area contributed by atoms with E-state index in [4.69, 9.17) is 22.2 Å². The van der Waals surface area contributed by atoms with Gasteiger partial charge in [-0.05, 0) is 47.0 Å². The van der Waals surface area contributed by atoms with Crippen LogP contribution >= 0.6 is 27.5 Å². The van der Waals surface area contributed by atoms with E-state index in [0.29, 0.717) is 10.8 Å². The number of aryl methyl sites for hydroxylation is 1. The topological polar surface area (TPSA) is 64.3 Å². The highest BCUT2D eigenvalue weighted by Crippen LogP contribution is 2.35. The molecule has 3 N–H and O–H groups in total. The zero-order valence-electron chi connectivity index (χ0n) is 8.93. The van der Waals surface area contributed by atoms with Crippen molar-refractivity contribution in [3.63, 3.8) is 0 Å². The Morgan fingerprint density at radius 2 is 2.25 bits per heavy atom. The summed E-state index contributed by atoms with van der Waals surface area (Å²) in [5, 5.41) is 0.683. The predicted octanol–water partition coefficient (Wildman–Crippen LogP) is 2.09. The fraction of sp³-hybridized carbons (Fsp3) is 0.300. The number of rotatable bonds is 3. The number of carbonyl (C=O) groups excluding carboxylic acids is 1. The Labute approximate surface area is 107 Å². The normalized spacial score (nSPS) is 10.1. The summed E-state index contributed by atoms with van der Waals surface area (Å²) in [5.41, 5.74) is 3.76. The highest BCUT2D eigenvalue weighted by Gasteiger charge is 2.11. The average molecular weight is 308 g/mol. The van der Waals surface area contributed by atoms with Crippen molar-refractivity contribution in [2.45, 2.75) is 13.8 Å². The monoisotopic (exact) mass is 306 g/mol. The van der Waals surface area contributed by atoms with Crippen LogP contribution in [0, 0.1) is 13.8 Å². The second-order valence-electron chi connectivity index (χ2n) is 3.30. The molecule has 1 aromatic rings. The second kappa shape index (κ2) is 5.52. The first-order valence-corrected chi connectivity index (χ1v) is 5.72. The number of halogens is 2. The summed E-state index contributed by atoms with van der Waals surface area (Å²) in [6.45, 7) is 3.61. The van der Waals surface area contributed by atoms with E-state index in [9.17, 15) is 4.79 Å². The molecule has 0 saturated heterocycles. The van der Waals surface area contributed by atoms with Crippen LogP contribution in [0.5, 0.6) is 5.75 Å². The van der Waals surface area contributed by atoms with Crippen molar-refractivity contribution in [3.8, 4) is 5.75 Å². The molecule has 4 nitrogen and oxygen atoms in total. The fourth-order valence-electron chi connectivity index (χ4n) is 1.19. The molecule has 6 heteroatoms. The number of nitrogens with two attached hydrogens (primary N) is 1. The number of nitrogens with one attached hydrogen (secondary N) is 1. The molecule has 0 saturated carbocycles. The number of carbonyl (C=O) groups is 1. The zero-order chi connectivity index (χ0) is 12.3. The molecule has 0 atom stereocenters. The molecule has 0 spiro atoms. The summed E-state index contributed by atoms with van der Waals surface area (Å²) in [4.78, 5) is 10.9. The van der Waals surface area contributed by atoms with Gasteiger partial charge in [0.25, 0.3) is 5.91 Å². The molecular formula is C10H12BrClN2O2. The second-order valence-corrected chi connectivity index (χ2v) is 4.47. The molecule has 0 aliphatic carbocycles. The maximum absolute atomic E-state index is 10.9. The maximum Gasteiger partial charge on any atom is 0.271 e. The molecule has 0 bridgehead atoms. The van der Waals surface area contributed by atoms with Gasteiger partial charge in [-0.25, -0.2) is 5.84 Å². The van der Waals surface area contributed by atoms with Gasteiger partial charge in [0.1, 0.15) is 5.75 Å². The highest BCUT2D eigenvalue weighted by atomic mass is 79.9. The first-order chi connectivity index (χ1) is 7.47. The number of hydrazine groups is 1. The molecule has 0 unspecified atom stereocenters. The molecular weight excluding hydrogens is 295 g/mol. The SMILES string of the molecule is Cc1cc(OCC(=O)NN)c(Br)c(C)c1Cl. The molecule has 0 aliphatic heterocycles. The van der Waals surface area contributed by atoms with Gasteiger partial charge in [-0.2, -0.15) is 0 Å². The van der Waals surface area contributed by atoms with Crippen LogP contribution in [0.1, 0.15) is 11.1 Å². The van der Waals surface area contributed by atoms with Crippen molar-refractivity contribution in [1.82, 2.24) is 5.43 Å². The minimum absolute atomic E-state index is 0.129. The Bertz CT molecular complexity index is 424. The third-order valence-electron chi connectivity index (χ3n) is 2.09. The molecule has 0 aromatic heterocycles. The maximum atomic E-state index is 10.9. The van der Waals surface area contributed by atoms with Crippen LogP contribution in [0.15, 0.2) is 10.5 Å². The summed E-state index contributed by atoms with van der Waals surface area (Å²) < 4.78 is 6.05. The number of amides is 1. The van der Waals surface area contributed by atoms with Crippen LogP contribution in [0.2, 0.25) is 5.02 Å². The van der Waals surface area contributed by atoms with Gasteiger partial charge in [0.15, 0.2) is 6.61 Å². The van der Waals surface area contributed by atoms with E-state index in [0.717, 1.165) is 15.6 Å². The van der Waals surface area contributed by atoms with Gasteiger partial charge in [0.05, 0.1) is 4.47 Å². The predicted molar refractivity (Wildman–Crippen MR) is 66.5 cm³/mol. The molecule has 0 heterocycles. The largest absolute Gasteiger partial charge is 0.483 e. The standard InChI is InChI=1S/C10H12BrClN2O2/c1-5-3-7(16-4-8(15)14-13)9(11)6(2)10(5)12/h3H,4,13H2,1-2H3,(H,14,15). The van der Waals surface area contributed by atoms with Crippen molar-refractivity contribution >= 4 is 33.4 Å². The number of hydrogen-bond acceptors (Lipinski definition) is 3. The van der Waals surface area contributed by atoms with Crippen molar-refractivity contribution < 1.29 is 9.53 Å². The first kappa shape index (κ1) is 13.3. The van der Waals surface area contributed by atoms with Crippen LogP contribution < -0.4 is 16.0 Å². The van der Waals surface area contributed by atoms with Crippen LogP contribution in [-0.2, 0) is 4.79 Å². The van der Waals surface area contributed by atoms with E-state index in [1.807, 2.05) is 19.3 Å². The lowest BCUT2D eigenvalue weighted by Gasteiger charge is -2.12. The van der Waals surface area contributed by atoms with E-state index in [1.54, 1.807) is 6.07 Å². The molecule has 88 valence electrons. The quantitative estimate of drug-likeness (QED) is 0.510. The van der Waals surface area contributed by atoms with Gasteiger partial charge >= 0.3 is 0 Å².